The fraction of sp³-hybridized carbons (Fsp3) is 0.250. The monoisotopic (exact) mass is 435 g/mol. The number of carbonyl (C=O) groups is 1. The van der Waals surface area contributed by atoms with Gasteiger partial charge < -0.3 is 10.1 Å². The predicted molar refractivity (Wildman–Crippen MR) is 113 cm³/mol. The maximum atomic E-state index is 13.1. The number of rotatable bonds is 4. The van der Waals surface area contributed by atoms with Crippen LogP contribution in [-0.4, -0.2) is 21.7 Å². The van der Waals surface area contributed by atoms with E-state index in [2.05, 4.69) is 11.9 Å². The van der Waals surface area contributed by atoms with E-state index in [0.29, 0.717) is 22.1 Å². The highest BCUT2D eigenvalue weighted by Gasteiger charge is 2.38. The quantitative estimate of drug-likeness (QED) is 0.589. The number of esters is 1. The van der Waals surface area contributed by atoms with Crippen molar-refractivity contribution in [2.75, 3.05) is 11.9 Å². The van der Waals surface area contributed by atoms with Crippen LogP contribution in [-0.2, 0) is 23.6 Å². The Labute approximate surface area is 176 Å². The van der Waals surface area contributed by atoms with Gasteiger partial charge in [0, 0.05) is 29.8 Å². The lowest BCUT2D eigenvalue weighted by molar-refractivity contribution is -0.138. The molecule has 7 nitrogen and oxygen atoms in total. The van der Waals surface area contributed by atoms with Crippen LogP contribution in [0.25, 0.3) is 0 Å². The molecule has 1 N–H and O–H groups in total. The van der Waals surface area contributed by atoms with Crippen molar-refractivity contribution in [1.82, 2.24) is 9.13 Å². The summed E-state index contributed by atoms with van der Waals surface area (Å²) in [6, 6.07) is 4.82. The SMILES string of the molecule is C=CCOC(=O)C1=C(C)Nc2c(c(=O)n(C)c(=O)n2C)C1c1ccc(Cl)cc1Cl. The number of halogens is 2. The molecule has 0 aliphatic carbocycles. The van der Waals surface area contributed by atoms with Crippen molar-refractivity contribution in [2.45, 2.75) is 12.8 Å². The largest absolute Gasteiger partial charge is 0.458 e. The Morgan fingerprint density at radius 2 is 1.97 bits per heavy atom. The van der Waals surface area contributed by atoms with Crippen molar-refractivity contribution in [3.05, 3.63) is 84.1 Å². The maximum absolute atomic E-state index is 13.1. The summed E-state index contributed by atoms with van der Waals surface area (Å²) >= 11 is 12.5. The number of ether oxygens (including phenoxy) is 1. The Kier molecular flexibility index (Phi) is 5.73. The standard InChI is InChI=1S/C20H19Cl2N3O4/c1-5-8-29-19(27)14-10(2)23-17-16(18(26)25(4)20(28)24(17)3)15(14)12-7-6-11(21)9-13(12)22/h5-7,9,15,23H,1,8H2,2-4H3. The van der Waals surface area contributed by atoms with Gasteiger partial charge in [-0.25, -0.2) is 9.59 Å². The van der Waals surface area contributed by atoms with E-state index in [0.717, 1.165) is 4.57 Å². The van der Waals surface area contributed by atoms with Crippen LogP contribution in [0.5, 0.6) is 0 Å². The minimum Gasteiger partial charge on any atom is -0.458 e. The zero-order chi connectivity index (χ0) is 21.5. The summed E-state index contributed by atoms with van der Waals surface area (Å²) in [6.45, 7) is 5.23. The first-order valence-electron chi connectivity index (χ1n) is 8.69. The lowest BCUT2D eigenvalue weighted by atomic mass is 9.82. The summed E-state index contributed by atoms with van der Waals surface area (Å²) in [5.74, 6) is -1.17. The Bertz CT molecular complexity index is 1180. The zero-order valence-corrected chi connectivity index (χ0v) is 17.6. The van der Waals surface area contributed by atoms with Gasteiger partial charge in [-0.3, -0.25) is 13.9 Å². The molecular formula is C20H19Cl2N3O4. The molecule has 1 aliphatic rings. The van der Waals surface area contributed by atoms with Crippen LogP contribution in [0.3, 0.4) is 0 Å². The van der Waals surface area contributed by atoms with Gasteiger partial charge in [-0.05, 0) is 24.6 Å². The lowest BCUT2D eigenvalue weighted by Crippen LogP contribution is -2.43. The minimum atomic E-state index is -0.848. The normalized spacial score (nSPS) is 15.6. The molecule has 1 aromatic carbocycles. The van der Waals surface area contributed by atoms with Crippen LogP contribution in [0.2, 0.25) is 10.0 Å². The summed E-state index contributed by atoms with van der Waals surface area (Å²) in [5, 5.41) is 3.71. The van der Waals surface area contributed by atoms with E-state index in [9.17, 15) is 14.4 Å². The van der Waals surface area contributed by atoms with E-state index in [1.807, 2.05) is 0 Å². The highest BCUT2D eigenvalue weighted by atomic mass is 35.5. The molecule has 1 aliphatic heterocycles. The molecule has 0 radical (unpaired) electrons. The number of carbonyl (C=O) groups excluding carboxylic acids is 1. The molecule has 1 unspecified atom stereocenters. The van der Waals surface area contributed by atoms with Crippen LogP contribution >= 0.6 is 23.2 Å². The van der Waals surface area contributed by atoms with Gasteiger partial charge in [0.25, 0.3) is 5.56 Å². The van der Waals surface area contributed by atoms with Gasteiger partial charge >= 0.3 is 11.7 Å². The summed E-state index contributed by atoms with van der Waals surface area (Å²) in [5.41, 5.74) is 0.362. The van der Waals surface area contributed by atoms with Gasteiger partial charge in [0.2, 0.25) is 0 Å². The van der Waals surface area contributed by atoms with Crippen molar-refractivity contribution in [3.8, 4) is 0 Å². The second-order valence-corrected chi connectivity index (χ2v) is 7.46. The maximum Gasteiger partial charge on any atom is 0.337 e. The summed E-state index contributed by atoms with van der Waals surface area (Å²) in [4.78, 5) is 38.4. The number of allylic oxidation sites excluding steroid dienone is 1. The highest BCUT2D eigenvalue weighted by Crippen LogP contribution is 2.42. The van der Waals surface area contributed by atoms with Crippen LogP contribution < -0.4 is 16.6 Å². The van der Waals surface area contributed by atoms with Crippen LogP contribution in [0.1, 0.15) is 24.0 Å². The molecule has 2 heterocycles. The van der Waals surface area contributed by atoms with E-state index in [-0.39, 0.29) is 22.8 Å². The van der Waals surface area contributed by atoms with Gasteiger partial charge in [-0.1, -0.05) is 41.9 Å². The molecule has 1 aromatic heterocycles. The molecule has 0 fully saturated rings. The van der Waals surface area contributed by atoms with E-state index in [4.69, 9.17) is 27.9 Å². The first kappa shape index (κ1) is 21.0. The van der Waals surface area contributed by atoms with Crippen molar-refractivity contribution in [1.29, 1.82) is 0 Å². The fourth-order valence-corrected chi connectivity index (χ4v) is 3.93. The van der Waals surface area contributed by atoms with Crippen molar-refractivity contribution < 1.29 is 9.53 Å². The third-order valence-electron chi connectivity index (χ3n) is 4.81. The molecule has 29 heavy (non-hydrogen) atoms. The van der Waals surface area contributed by atoms with Gasteiger partial charge in [0.05, 0.1) is 17.1 Å². The van der Waals surface area contributed by atoms with Crippen molar-refractivity contribution in [2.24, 2.45) is 14.1 Å². The molecule has 0 bridgehead atoms. The lowest BCUT2D eigenvalue weighted by Gasteiger charge is -2.31. The second-order valence-electron chi connectivity index (χ2n) is 6.62. The third-order valence-corrected chi connectivity index (χ3v) is 5.37. The number of nitrogens with zero attached hydrogens (tertiary/aromatic N) is 2. The highest BCUT2D eigenvalue weighted by molar-refractivity contribution is 6.35. The van der Waals surface area contributed by atoms with Crippen LogP contribution in [0, 0.1) is 0 Å². The number of nitrogens with one attached hydrogen (secondary N) is 1. The topological polar surface area (TPSA) is 82.3 Å². The average Bonchev–Trinajstić information content (AvgIpc) is 2.68. The smallest absolute Gasteiger partial charge is 0.337 e. The van der Waals surface area contributed by atoms with Gasteiger partial charge in [-0.15, -0.1) is 0 Å². The fourth-order valence-electron chi connectivity index (χ4n) is 3.42. The molecule has 0 saturated heterocycles. The number of hydrogen-bond donors (Lipinski definition) is 1. The van der Waals surface area contributed by atoms with Crippen LogP contribution in [0.15, 0.2) is 51.7 Å². The first-order chi connectivity index (χ1) is 13.7. The van der Waals surface area contributed by atoms with E-state index in [1.165, 1.54) is 23.8 Å². The second kappa shape index (κ2) is 7.93. The summed E-state index contributed by atoms with van der Waals surface area (Å²) < 4.78 is 7.57. The molecule has 3 rings (SSSR count). The minimum absolute atomic E-state index is 0.00876. The number of hydrogen-bond acceptors (Lipinski definition) is 5. The summed E-state index contributed by atoms with van der Waals surface area (Å²) in [7, 11) is 2.93. The number of anilines is 1. The van der Waals surface area contributed by atoms with Crippen molar-refractivity contribution in [3.63, 3.8) is 0 Å². The number of fused-ring (bicyclic) bond motifs is 1. The van der Waals surface area contributed by atoms with Crippen molar-refractivity contribution >= 4 is 35.0 Å². The molecular weight excluding hydrogens is 417 g/mol. The van der Waals surface area contributed by atoms with E-state index in [1.54, 1.807) is 26.1 Å². The predicted octanol–water partition coefficient (Wildman–Crippen LogP) is 2.95. The molecule has 1 atom stereocenters. The van der Waals surface area contributed by atoms with Gasteiger partial charge in [0.15, 0.2) is 0 Å². The Morgan fingerprint density at radius 3 is 2.59 bits per heavy atom. The van der Waals surface area contributed by atoms with Gasteiger partial charge in [0.1, 0.15) is 12.4 Å². The Morgan fingerprint density at radius 1 is 1.28 bits per heavy atom. The Hall–Kier alpha value is -2.77. The zero-order valence-electron chi connectivity index (χ0n) is 16.1. The first-order valence-corrected chi connectivity index (χ1v) is 9.45. The molecule has 0 spiro atoms. The molecule has 152 valence electrons. The molecule has 0 amide bonds. The van der Waals surface area contributed by atoms with Crippen LogP contribution in [0.4, 0.5) is 5.82 Å². The Balaban J connectivity index is 2.38. The molecule has 2 aromatic rings. The van der Waals surface area contributed by atoms with Gasteiger partial charge in [-0.2, -0.15) is 0 Å². The molecule has 0 saturated carbocycles. The summed E-state index contributed by atoms with van der Waals surface area (Å²) in [6.07, 6.45) is 1.45. The number of benzene rings is 1. The van der Waals surface area contributed by atoms with E-state index >= 15 is 0 Å². The van der Waals surface area contributed by atoms with E-state index < -0.39 is 23.1 Å². The number of aromatic nitrogens is 2. The molecule has 9 heteroatoms. The third kappa shape index (κ3) is 3.52. The average molecular weight is 436 g/mol.